The number of nitriles is 1. The number of fused-ring (bicyclic) bond motifs is 3. The Morgan fingerprint density at radius 3 is 2.64 bits per heavy atom. The maximum absolute atomic E-state index is 14.1. The van der Waals surface area contributed by atoms with Gasteiger partial charge in [0.05, 0.1) is 18.0 Å². The number of aliphatic imine (C=N–C) groups is 1. The van der Waals surface area contributed by atoms with Gasteiger partial charge in [-0.1, -0.05) is 73.7 Å². The molecule has 1 saturated carbocycles. The van der Waals surface area contributed by atoms with Crippen LogP contribution in [0.1, 0.15) is 49.3 Å². The quantitative estimate of drug-likeness (QED) is 0.0974. The van der Waals surface area contributed by atoms with Crippen molar-refractivity contribution in [3.8, 4) is 17.2 Å². The SMILES string of the molecule is C=NNC(=NCc1cccc(-c2cccc(NC(C)=O)c2)c1)NC(=O)C1(C)CC23I=CC=CCC2(C#N)c2ccccc2C13. The molecule has 3 aromatic carbocycles. The average Bonchev–Trinajstić information content (AvgIpc) is 3.09. The monoisotopic (exact) mass is 696 g/mol. The van der Waals surface area contributed by atoms with E-state index in [1.807, 2.05) is 67.6 Å². The summed E-state index contributed by atoms with van der Waals surface area (Å²) in [5.41, 5.74) is 7.25. The van der Waals surface area contributed by atoms with Gasteiger partial charge in [-0.05, 0) is 62.9 Å². The molecule has 4 atom stereocenters. The number of amides is 2. The van der Waals surface area contributed by atoms with Gasteiger partial charge in [-0.15, -0.1) is 20.7 Å². The first-order valence-electron chi connectivity index (χ1n) is 14.4. The van der Waals surface area contributed by atoms with E-state index in [0.29, 0.717) is 19.4 Å². The van der Waals surface area contributed by atoms with Crippen molar-refractivity contribution in [1.82, 2.24) is 10.7 Å². The fraction of sp³-hybridized carbons (Fsp3) is 0.257. The molecule has 3 N–H and O–H groups in total. The number of guanidine groups is 1. The molecule has 1 spiro atoms. The van der Waals surface area contributed by atoms with Gasteiger partial charge in [0.25, 0.3) is 0 Å². The summed E-state index contributed by atoms with van der Waals surface area (Å²) in [6, 6.07) is 26.6. The number of anilines is 1. The van der Waals surface area contributed by atoms with E-state index in [1.165, 1.54) is 6.92 Å². The van der Waals surface area contributed by atoms with Gasteiger partial charge in [0.15, 0.2) is 0 Å². The van der Waals surface area contributed by atoms with Crippen LogP contribution in [0.4, 0.5) is 5.69 Å². The number of nitrogens with one attached hydrogen (secondary N) is 3. The number of carbonyl (C=O) groups excluding carboxylic acids is 2. The first kappa shape index (κ1) is 29.6. The fourth-order valence-corrected chi connectivity index (χ4v) is 11.9. The third-order valence-electron chi connectivity index (χ3n) is 9.04. The molecule has 0 aromatic heterocycles. The first-order chi connectivity index (χ1) is 21.3. The van der Waals surface area contributed by atoms with Crippen molar-refractivity contribution in [3.63, 3.8) is 0 Å². The molecule has 1 aliphatic heterocycles. The number of carbonyl (C=O) groups is 2. The van der Waals surface area contributed by atoms with Gasteiger partial charge in [-0.2, -0.15) is 10.4 Å². The number of allylic oxidation sites excluding steroid dienone is 2. The van der Waals surface area contributed by atoms with E-state index >= 15 is 0 Å². The van der Waals surface area contributed by atoms with Gasteiger partial charge >= 0.3 is 0 Å². The van der Waals surface area contributed by atoms with Gasteiger partial charge in [0, 0.05) is 28.7 Å². The number of nitrogens with zero attached hydrogens (tertiary/aromatic N) is 3. The smallest absolute Gasteiger partial charge is 0.233 e. The van der Waals surface area contributed by atoms with Crippen molar-refractivity contribution in [2.24, 2.45) is 15.5 Å². The fourth-order valence-electron chi connectivity index (χ4n) is 7.22. The Labute approximate surface area is 267 Å². The third-order valence-corrected chi connectivity index (χ3v) is 12.9. The predicted octanol–water partition coefficient (Wildman–Crippen LogP) is 5.93. The van der Waals surface area contributed by atoms with Crippen molar-refractivity contribution < 1.29 is 9.59 Å². The molecule has 0 saturated heterocycles. The molecule has 0 bridgehead atoms. The Bertz CT molecular complexity index is 1810. The lowest BCUT2D eigenvalue weighted by molar-refractivity contribution is -0.137. The topological polar surface area (TPSA) is 119 Å². The number of hydrogen-bond donors (Lipinski definition) is 3. The molecule has 1 heterocycles. The molecule has 222 valence electrons. The highest BCUT2D eigenvalue weighted by Crippen LogP contribution is 2.77. The van der Waals surface area contributed by atoms with Crippen molar-refractivity contribution in [2.75, 3.05) is 5.32 Å². The number of halogens is 1. The normalized spacial score (nSPS) is 26.3. The van der Waals surface area contributed by atoms with Crippen LogP contribution in [0, 0.1) is 16.7 Å². The largest absolute Gasteiger partial charge is 0.326 e. The van der Waals surface area contributed by atoms with Crippen molar-refractivity contribution in [1.29, 1.82) is 5.26 Å². The summed E-state index contributed by atoms with van der Waals surface area (Å²) in [7, 11) is 0. The van der Waals surface area contributed by atoms with E-state index in [0.717, 1.165) is 33.5 Å². The highest BCUT2D eigenvalue weighted by Gasteiger charge is 2.76. The van der Waals surface area contributed by atoms with E-state index in [1.54, 1.807) is 0 Å². The zero-order valence-electron chi connectivity index (χ0n) is 24.6. The summed E-state index contributed by atoms with van der Waals surface area (Å²) in [6.45, 7) is 7.34. The lowest BCUT2D eigenvalue weighted by Crippen LogP contribution is -2.65. The molecule has 4 unspecified atom stereocenters. The van der Waals surface area contributed by atoms with Crippen molar-refractivity contribution in [3.05, 3.63) is 102 Å². The molecule has 9 heteroatoms. The van der Waals surface area contributed by atoms with Crippen LogP contribution in [-0.4, -0.2) is 31.9 Å². The Morgan fingerprint density at radius 2 is 1.86 bits per heavy atom. The van der Waals surface area contributed by atoms with Crippen LogP contribution in [0.2, 0.25) is 0 Å². The average molecular weight is 697 g/mol. The van der Waals surface area contributed by atoms with Crippen LogP contribution in [0.15, 0.2) is 95.0 Å². The Balaban J connectivity index is 1.24. The molecule has 8 nitrogen and oxygen atoms in total. The van der Waals surface area contributed by atoms with Gasteiger partial charge in [0.1, 0.15) is 5.41 Å². The van der Waals surface area contributed by atoms with Crippen LogP contribution in [-0.2, 0) is 21.5 Å². The molecule has 2 aliphatic carbocycles. The molecule has 44 heavy (non-hydrogen) atoms. The second-order valence-corrected chi connectivity index (χ2v) is 15.0. The van der Waals surface area contributed by atoms with Crippen LogP contribution >= 0.6 is 20.7 Å². The van der Waals surface area contributed by atoms with Crippen molar-refractivity contribution in [2.45, 2.75) is 48.0 Å². The van der Waals surface area contributed by atoms with E-state index < -0.39 is 31.6 Å². The molecular weight excluding hydrogens is 663 g/mol. The molecule has 2 amide bonds. The lowest BCUT2D eigenvalue weighted by Gasteiger charge is -2.59. The minimum Gasteiger partial charge on any atom is -0.326 e. The molecular formula is C35H33IN6O2. The molecule has 1 fully saturated rings. The Hall–Kier alpha value is -4.43. The van der Waals surface area contributed by atoms with E-state index in [9.17, 15) is 14.9 Å². The molecule has 3 aliphatic rings. The molecule has 6 rings (SSSR count). The van der Waals surface area contributed by atoms with E-state index in [2.05, 4.69) is 67.2 Å². The zero-order chi connectivity index (χ0) is 31.0. The summed E-state index contributed by atoms with van der Waals surface area (Å²) in [4.78, 5) is 30.2. The Morgan fingerprint density at radius 1 is 1.09 bits per heavy atom. The van der Waals surface area contributed by atoms with Crippen LogP contribution < -0.4 is 16.1 Å². The highest BCUT2D eigenvalue weighted by molar-refractivity contribution is 14.2. The maximum Gasteiger partial charge on any atom is 0.233 e. The second kappa shape index (κ2) is 11.6. The van der Waals surface area contributed by atoms with Crippen LogP contribution in [0.5, 0.6) is 0 Å². The highest BCUT2D eigenvalue weighted by atomic mass is 127. The number of hydrazone groups is 1. The summed E-state index contributed by atoms with van der Waals surface area (Å²) in [6.07, 6.45) is 5.52. The Kier molecular flexibility index (Phi) is 7.80. The summed E-state index contributed by atoms with van der Waals surface area (Å²) in [5, 5.41) is 20.3. The number of benzene rings is 3. The van der Waals surface area contributed by atoms with Gasteiger partial charge < -0.3 is 5.32 Å². The molecule has 0 radical (unpaired) electrons. The summed E-state index contributed by atoms with van der Waals surface area (Å²) < 4.78 is 2.02. The zero-order valence-corrected chi connectivity index (χ0v) is 26.8. The maximum atomic E-state index is 14.1. The third kappa shape index (κ3) is 4.78. The standard InChI is InChI=1S/C35H33IN6O2/c1-23(43)40-27-13-9-12-26(19-27)25-11-8-10-24(18-25)20-39-32(42-38-3)41-31(44)33(2)21-35-30(33)28-14-4-5-15-29(28)34(35,22-37)16-6-7-17-36-35/h4-15,17-19,30H,3,16,20-21H2,1-2H3,(H,40,43)(H2,39,41,42,44). The number of rotatable bonds is 6. The molecule has 3 aromatic rings. The lowest BCUT2D eigenvalue weighted by atomic mass is 9.49. The second-order valence-electron chi connectivity index (χ2n) is 11.7. The van der Waals surface area contributed by atoms with E-state index in [-0.39, 0.29) is 27.1 Å². The van der Waals surface area contributed by atoms with Crippen LogP contribution in [0.25, 0.3) is 11.1 Å². The minimum atomic E-state index is -0.713. The van der Waals surface area contributed by atoms with Gasteiger partial charge in [-0.3, -0.25) is 14.9 Å². The van der Waals surface area contributed by atoms with Gasteiger partial charge in [-0.25, -0.2) is 10.4 Å². The van der Waals surface area contributed by atoms with Gasteiger partial charge in [0.2, 0.25) is 17.8 Å². The number of hydrogen-bond acceptors (Lipinski definition) is 5. The van der Waals surface area contributed by atoms with Crippen LogP contribution in [0.3, 0.4) is 0 Å². The summed E-state index contributed by atoms with van der Waals surface area (Å²) >= 11 is -0.488. The van der Waals surface area contributed by atoms with Crippen molar-refractivity contribution >= 4 is 54.9 Å². The number of alkyl halides is 1. The summed E-state index contributed by atoms with van der Waals surface area (Å²) in [5.74, 6) is -0.0947. The predicted molar refractivity (Wildman–Crippen MR) is 184 cm³/mol. The minimum absolute atomic E-state index is 0.0577. The van der Waals surface area contributed by atoms with E-state index in [4.69, 9.17) is 0 Å². The first-order valence-corrected chi connectivity index (χ1v) is 16.8.